The van der Waals surface area contributed by atoms with Crippen molar-refractivity contribution in [2.45, 2.75) is 64.1 Å². The molecule has 1 fully saturated rings. The lowest BCUT2D eigenvalue weighted by atomic mass is 9.93. The Balaban J connectivity index is 1.88. The summed E-state index contributed by atoms with van der Waals surface area (Å²) in [7, 11) is 1.78. The van der Waals surface area contributed by atoms with E-state index >= 15 is 0 Å². The molecule has 2 heterocycles. The van der Waals surface area contributed by atoms with E-state index in [2.05, 4.69) is 18.7 Å². The number of fused-ring (bicyclic) bond motifs is 2. The van der Waals surface area contributed by atoms with Crippen LogP contribution in [0.5, 0.6) is 5.75 Å². The minimum atomic E-state index is 0.0808. The molecule has 150 valence electrons. The molecule has 2 atom stereocenters. The van der Waals surface area contributed by atoms with Gasteiger partial charge in [-0.15, -0.1) is 0 Å². The number of methoxy groups -OCH3 is 1. The topological polar surface area (TPSA) is 42.0 Å². The maximum Gasteiger partial charge on any atom is 0.257 e. The summed E-state index contributed by atoms with van der Waals surface area (Å²) in [6.45, 7) is 7.83. The normalized spacial score (nSPS) is 25.6. The Hall–Kier alpha value is -1.59. The predicted molar refractivity (Wildman–Crippen MR) is 107 cm³/mol. The number of hydrogen-bond acceptors (Lipinski definition) is 4. The zero-order valence-corrected chi connectivity index (χ0v) is 17.0. The number of carbonyl (C=O) groups is 1. The SMILES string of the molecule is CO[C@@H]1CCCN2C(=O)c3ccccc3OCCN(C(C)C)CCCC[C@H]12. The first-order valence-electron chi connectivity index (χ1n) is 10.4. The summed E-state index contributed by atoms with van der Waals surface area (Å²) in [5.74, 6) is 0.779. The molecule has 1 amide bonds. The molecular weight excluding hydrogens is 340 g/mol. The van der Waals surface area contributed by atoms with Gasteiger partial charge in [0.05, 0.1) is 17.7 Å². The van der Waals surface area contributed by atoms with Crippen molar-refractivity contribution in [1.82, 2.24) is 9.80 Å². The Labute approximate surface area is 163 Å². The highest BCUT2D eigenvalue weighted by atomic mass is 16.5. The first-order chi connectivity index (χ1) is 13.1. The highest BCUT2D eigenvalue weighted by molar-refractivity contribution is 5.97. The number of rotatable bonds is 2. The minimum absolute atomic E-state index is 0.0808. The van der Waals surface area contributed by atoms with Gasteiger partial charge in [-0.2, -0.15) is 0 Å². The van der Waals surface area contributed by atoms with Crippen molar-refractivity contribution in [3.63, 3.8) is 0 Å². The Morgan fingerprint density at radius 2 is 1.89 bits per heavy atom. The number of nitrogens with zero attached hydrogens (tertiary/aromatic N) is 2. The molecule has 0 aliphatic carbocycles. The van der Waals surface area contributed by atoms with Gasteiger partial charge in [-0.25, -0.2) is 0 Å². The molecule has 3 rings (SSSR count). The largest absolute Gasteiger partial charge is 0.491 e. The molecule has 0 saturated carbocycles. The molecule has 1 aromatic carbocycles. The average Bonchev–Trinajstić information content (AvgIpc) is 2.69. The van der Waals surface area contributed by atoms with Gasteiger partial charge in [0, 0.05) is 26.2 Å². The van der Waals surface area contributed by atoms with E-state index in [0.717, 1.165) is 51.7 Å². The third-order valence-electron chi connectivity index (χ3n) is 5.96. The molecule has 0 radical (unpaired) electrons. The van der Waals surface area contributed by atoms with E-state index in [1.165, 1.54) is 0 Å². The van der Waals surface area contributed by atoms with Crippen molar-refractivity contribution < 1.29 is 14.3 Å². The van der Waals surface area contributed by atoms with E-state index in [1.807, 2.05) is 29.2 Å². The van der Waals surface area contributed by atoms with Gasteiger partial charge >= 0.3 is 0 Å². The van der Waals surface area contributed by atoms with Gasteiger partial charge in [0.25, 0.3) is 5.91 Å². The molecule has 2 aliphatic heterocycles. The number of amides is 1. The summed E-state index contributed by atoms with van der Waals surface area (Å²) in [4.78, 5) is 17.9. The first kappa shape index (κ1) is 20.2. The molecule has 2 aliphatic rings. The fourth-order valence-electron chi connectivity index (χ4n) is 4.38. The van der Waals surface area contributed by atoms with E-state index in [9.17, 15) is 4.79 Å². The smallest absolute Gasteiger partial charge is 0.257 e. The van der Waals surface area contributed by atoms with Crippen LogP contribution in [0.3, 0.4) is 0 Å². The van der Waals surface area contributed by atoms with E-state index < -0.39 is 0 Å². The second-order valence-corrected chi connectivity index (χ2v) is 7.95. The van der Waals surface area contributed by atoms with Gasteiger partial charge in [-0.3, -0.25) is 9.69 Å². The number of piperidine rings is 1. The summed E-state index contributed by atoms with van der Waals surface area (Å²) < 4.78 is 11.8. The van der Waals surface area contributed by atoms with Crippen molar-refractivity contribution in [1.29, 1.82) is 0 Å². The molecule has 1 aromatic rings. The van der Waals surface area contributed by atoms with E-state index in [4.69, 9.17) is 9.47 Å². The van der Waals surface area contributed by atoms with Gasteiger partial charge in [-0.1, -0.05) is 18.6 Å². The zero-order valence-electron chi connectivity index (χ0n) is 17.0. The quantitative estimate of drug-likeness (QED) is 0.793. The summed E-state index contributed by atoms with van der Waals surface area (Å²) >= 11 is 0. The highest BCUT2D eigenvalue weighted by Gasteiger charge is 2.35. The van der Waals surface area contributed by atoms with Gasteiger partial charge < -0.3 is 14.4 Å². The van der Waals surface area contributed by atoms with Crippen LogP contribution in [0, 0.1) is 0 Å². The molecule has 0 N–H and O–H groups in total. The molecule has 1 saturated heterocycles. The standard InChI is InChI=1S/C22H34N2O3/c1-17(2)23-13-7-6-10-19-21(26-3)12-8-14-24(19)22(25)18-9-4-5-11-20(18)27-16-15-23/h4-5,9,11,17,19,21H,6-8,10,12-16H2,1-3H3/t19-,21-/m1/s1. The van der Waals surface area contributed by atoms with Crippen LogP contribution in [0.2, 0.25) is 0 Å². The Kier molecular flexibility index (Phi) is 7.13. The van der Waals surface area contributed by atoms with Gasteiger partial charge in [0.2, 0.25) is 0 Å². The molecule has 0 spiro atoms. The van der Waals surface area contributed by atoms with Crippen molar-refractivity contribution in [3.8, 4) is 5.75 Å². The summed E-state index contributed by atoms with van der Waals surface area (Å²) in [5, 5.41) is 0. The number of carbonyl (C=O) groups excluding carboxylic acids is 1. The monoisotopic (exact) mass is 374 g/mol. The van der Waals surface area contributed by atoms with Crippen molar-refractivity contribution in [3.05, 3.63) is 29.8 Å². The summed E-state index contributed by atoms with van der Waals surface area (Å²) in [6, 6.07) is 8.32. The lowest BCUT2D eigenvalue weighted by Gasteiger charge is -2.41. The number of para-hydroxylation sites is 1. The van der Waals surface area contributed by atoms with Crippen LogP contribution in [0.25, 0.3) is 0 Å². The molecule has 0 unspecified atom stereocenters. The maximum atomic E-state index is 13.4. The second-order valence-electron chi connectivity index (χ2n) is 7.95. The molecule has 27 heavy (non-hydrogen) atoms. The van der Waals surface area contributed by atoms with Crippen LogP contribution in [-0.2, 0) is 4.74 Å². The average molecular weight is 375 g/mol. The Morgan fingerprint density at radius 3 is 2.67 bits per heavy atom. The van der Waals surface area contributed by atoms with Gasteiger partial charge in [0.15, 0.2) is 0 Å². The van der Waals surface area contributed by atoms with E-state index in [1.54, 1.807) is 7.11 Å². The van der Waals surface area contributed by atoms with E-state index in [-0.39, 0.29) is 18.1 Å². The molecular formula is C22H34N2O3. The van der Waals surface area contributed by atoms with Crippen LogP contribution >= 0.6 is 0 Å². The number of benzene rings is 1. The lowest BCUT2D eigenvalue weighted by molar-refractivity contribution is -0.0156. The van der Waals surface area contributed by atoms with Crippen LogP contribution in [0.1, 0.15) is 56.3 Å². The second kappa shape index (κ2) is 9.56. The van der Waals surface area contributed by atoms with Crippen molar-refractivity contribution >= 4 is 5.91 Å². The van der Waals surface area contributed by atoms with Gasteiger partial charge in [0.1, 0.15) is 12.4 Å². The Bertz CT molecular complexity index is 619. The van der Waals surface area contributed by atoms with Crippen molar-refractivity contribution in [2.75, 3.05) is 33.4 Å². The molecule has 0 aromatic heterocycles. The van der Waals surface area contributed by atoms with Gasteiger partial charge in [-0.05, 0) is 58.2 Å². The van der Waals surface area contributed by atoms with Crippen LogP contribution in [0.15, 0.2) is 24.3 Å². The van der Waals surface area contributed by atoms with Crippen LogP contribution < -0.4 is 4.74 Å². The highest BCUT2D eigenvalue weighted by Crippen LogP contribution is 2.29. The van der Waals surface area contributed by atoms with E-state index in [0.29, 0.717) is 24.0 Å². The lowest BCUT2D eigenvalue weighted by Crippen LogP contribution is -2.51. The summed E-state index contributed by atoms with van der Waals surface area (Å²) in [6.07, 6.45) is 5.40. The maximum absolute atomic E-state index is 13.4. The van der Waals surface area contributed by atoms with Crippen LogP contribution in [-0.4, -0.2) is 67.2 Å². The zero-order chi connectivity index (χ0) is 19.2. The molecule has 5 heteroatoms. The third kappa shape index (κ3) is 4.82. The minimum Gasteiger partial charge on any atom is -0.491 e. The first-order valence-corrected chi connectivity index (χ1v) is 10.4. The fraction of sp³-hybridized carbons (Fsp3) is 0.682. The van der Waals surface area contributed by atoms with Crippen molar-refractivity contribution in [2.24, 2.45) is 0 Å². The molecule has 5 nitrogen and oxygen atoms in total. The van der Waals surface area contributed by atoms with Crippen LogP contribution in [0.4, 0.5) is 0 Å². The fourth-order valence-corrected chi connectivity index (χ4v) is 4.38. The molecule has 0 bridgehead atoms. The predicted octanol–water partition coefficient (Wildman–Crippen LogP) is 3.58. The third-order valence-corrected chi connectivity index (χ3v) is 5.96. The summed E-state index contributed by atoms with van der Waals surface area (Å²) in [5.41, 5.74) is 0.676. The number of ether oxygens (including phenoxy) is 2. The number of hydrogen-bond donors (Lipinski definition) is 0. The Morgan fingerprint density at radius 1 is 1.07 bits per heavy atom.